The predicted octanol–water partition coefficient (Wildman–Crippen LogP) is 3.49. The highest BCUT2D eigenvalue weighted by Crippen LogP contribution is 2.35. The lowest BCUT2D eigenvalue weighted by Crippen LogP contribution is -2.21. The summed E-state index contributed by atoms with van der Waals surface area (Å²) in [7, 11) is 1.99. The van der Waals surface area contributed by atoms with E-state index in [4.69, 9.17) is 14.6 Å². The van der Waals surface area contributed by atoms with Crippen molar-refractivity contribution >= 4 is 28.3 Å². The van der Waals surface area contributed by atoms with Crippen molar-refractivity contribution in [2.24, 2.45) is 0 Å². The molecule has 4 aromatic heterocycles. The average Bonchev–Trinajstić information content (AvgIpc) is 3.65. The predicted molar refractivity (Wildman–Crippen MR) is 142 cm³/mol. The molecule has 6 rings (SSSR count). The molecule has 1 aliphatic heterocycles. The van der Waals surface area contributed by atoms with Crippen LogP contribution in [0.15, 0.2) is 67.1 Å². The fourth-order valence-electron chi connectivity index (χ4n) is 4.99. The topological polar surface area (TPSA) is 107 Å². The molecule has 1 aromatic carbocycles. The monoisotopic (exact) mass is 512 g/mol. The van der Waals surface area contributed by atoms with Gasteiger partial charge >= 0.3 is 5.97 Å². The Balaban J connectivity index is 1.54. The number of carbonyl (C=O) groups is 1. The Labute approximate surface area is 219 Å². The maximum absolute atomic E-state index is 12.8. The number of aliphatic hydroxyl groups excluding tert-OH is 1. The highest BCUT2D eigenvalue weighted by molar-refractivity contribution is 5.95. The van der Waals surface area contributed by atoms with Crippen molar-refractivity contribution in [3.8, 4) is 11.3 Å². The molecule has 2 atom stereocenters. The van der Waals surface area contributed by atoms with Crippen molar-refractivity contribution in [1.82, 2.24) is 24.1 Å². The van der Waals surface area contributed by atoms with E-state index >= 15 is 0 Å². The van der Waals surface area contributed by atoms with E-state index in [-0.39, 0.29) is 24.9 Å². The number of hydrogen-bond donors (Lipinski definition) is 1. The van der Waals surface area contributed by atoms with Gasteiger partial charge in [-0.1, -0.05) is 30.3 Å². The number of aromatic nitrogens is 5. The summed E-state index contributed by atoms with van der Waals surface area (Å²) in [6, 6.07) is 15.7. The number of anilines is 1. The molecule has 1 aliphatic rings. The second-order valence-electron chi connectivity index (χ2n) is 9.35. The average molecular weight is 513 g/mol. The Morgan fingerprint density at radius 3 is 2.76 bits per heavy atom. The third-order valence-corrected chi connectivity index (χ3v) is 6.85. The first kappa shape index (κ1) is 24.1. The van der Waals surface area contributed by atoms with Crippen LogP contribution in [0.4, 0.5) is 5.69 Å². The molecule has 1 fully saturated rings. The summed E-state index contributed by atoms with van der Waals surface area (Å²) >= 11 is 0. The molecule has 194 valence electrons. The van der Waals surface area contributed by atoms with Crippen molar-refractivity contribution < 1.29 is 19.4 Å². The summed E-state index contributed by atoms with van der Waals surface area (Å²) in [4.78, 5) is 24.0. The van der Waals surface area contributed by atoms with E-state index in [1.165, 1.54) is 6.20 Å². The molecule has 38 heavy (non-hydrogen) atoms. The Morgan fingerprint density at radius 1 is 1.16 bits per heavy atom. The molecule has 10 nitrogen and oxygen atoms in total. The number of imidazole rings is 1. The largest absolute Gasteiger partial charge is 0.461 e. The van der Waals surface area contributed by atoms with E-state index in [1.54, 1.807) is 17.6 Å². The molecule has 0 amide bonds. The standard InChI is InChI=1S/C28H28N6O4/c1-3-38-28(36)23-13-30-27-22(32(2)14-18-8-5-4-6-9-18)12-21(31-34(23)27)20-15-33(24-16-37-17-25(24)35)26-19(20)10-7-11-29-26/h4-13,15,24-25,35H,3,14,16-17H2,1-2H3/t24-,25-/m1/s1. The van der Waals surface area contributed by atoms with Gasteiger partial charge < -0.3 is 24.0 Å². The third-order valence-electron chi connectivity index (χ3n) is 6.85. The normalized spacial score (nSPS) is 17.3. The molecule has 0 spiro atoms. The van der Waals surface area contributed by atoms with Crippen molar-refractivity contribution in [1.29, 1.82) is 0 Å². The Kier molecular flexibility index (Phi) is 6.26. The second kappa shape index (κ2) is 9.88. The van der Waals surface area contributed by atoms with Gasteiger partial charge in [0.15, 0.2) is 11.3 Å². The van der Waals surface area contributed by atoms with E-state index in [1.807, 2.05) is 54.2 Å². The van der Waals surface area contributed by atoms with Gasteiger partial charge in [-0.05, 0) is 30.7 Å². The SMILES string of the molecule is CCOC(=O)c1cnc2c(N(C)Cc3ccccc3)cc(-c3cn([C@@H]4COC[C@H]4O)c4ncccc34)nn12. The number of pyridine rings is 1. The number of fused-ring (bicyclic) bond motifs is 2. The van der Waals surface area contributed by atoms with Crippen LogP contribution in [-0.4, -0.2) is 68.2 Å². The van der Waals surface area contributed by atoms with E-state index in [0.717, 1.165) is 27.8 Å². The van der Waals surface area contributed by atoms with Crippen LogP contribution in [0, 0.1) is 0 Å². The van der Waals surface area contributed by atoms with Gasteiger partial charge in [0.2, 0.25) is 0 Å². The molecule has 0 radical (unpaired) electrons. The van der Waals surface area contributed by atoms with Crippen molar-refractivity contribution in [3.63, 3.8) is 0 Å². The number of aliphatic hydroxyl groups is 1. The zero-order valence-electron chi connectivity index (χ0n) is 21.2. The van der Waals surface area contributed by atoms with Gasteiger partial charge in [0.05, 0.1) is 43.4 Å². The van der Waals surface area contributed by atoms with Crippen molar-refractivity contribution in [2.75, 3.05) is 31.8 Å². The van der Waals surface area contributed by atoms with Crippen molar-refractivity contribution in [2.45, 2.75) is 25.6 Å². The summed E-state index contributed by atoms with van der Waals surface area (Å²) in [5.74, 6) is -0.489. The highest BCUT2D eigenvalue weighted by Gasteiger charge is 2.30. The summed E-state index contributed by atoms with van der Waals surface area (Å²) < 4.78 is 14.3. The van der Waals surface area contributed by atoms with Crippen LogP contribution >= 0.6 is 0 Å². The minimum Gasteiger partial charge on any atom is -0.461 e. The van der Waals surface area contributed by atoms with Crippen LogP contribution in [0.1, 0.15) is 29.0 Å². The number of ether oxygens (including phenoxy) is 2. The van der Waals surface area contributed by atoms with Gasteiger partial charge in [-0.15, -0.1) is 0 Å². The number of carbonyl (C=O) groups excluding carboxylic acids is 1. The number of esters is 1. The first-order valence-corrected chi connectivity index (χ1v) is 12.6. The minimum atomic E-state index is -0.632. The van der Waals surface area contributed by atoms with E-state index < -0.39 is 12.1 Å². The molecule has 1 saturated heterocycles. The molecule has 5 heterocycles. The van der Waals surface area contributed by atoms with Crippen LogP contribution in [-0.2, 0) is 16.0 Å². The molecule has 5 aromatic rings. The fraction of sp³-hybridized carbons (Fsp3) is 0.286. The van der Waals surface area contributed by atoms with Crippen molar-refractivity contribution in [3.05, 3.63) is 78.4 Å². The van der Waals surface area contributed by atoms with Gasteiger partial charge in [-0.25, -0.2) is 19.3 Å². The number of nitrogens with zero attached hydrogens (tertiary/aromatic N) is 6. The van der Waals surface area contributed by atoms with Gasteiger partial charge in [-0.3, -0.25) is 0 Å². The van der Waals surface area contributed by atoms with Crippen LogP contribution < -0.4 is 4.90 Å². The van der Waals surface area contributed by atoms with Gasteiger partial charge in [-0.2, -0.15) is 5.10 Å². The fourth-order valence-corrected chi connectivity index (χ4v) is 4.99. The maximum Gasteiger partial charge on any atom is 0.358 e. The highest BCUT2D eigenvalue weighted by atomic mass is 16.5. The molecule has 0 unspecified atom stereocenters. The zero-order valence-corrected chi connectivity index (χ0v) is 21.2. The molecule has 0 saturated carbocycles. The van der Waals surface area contributed by atoms with Crippen LogP contribution in [0.3, 0.4) is 0 Å². The summed E-state index contributed by atoms with van der Waals surface area (Å²) in [5, 5.41) is 16.3. The van der Waals surface area contributed by atoms with Gasteiger partial charge in [0.25, 0.3) is 0 Å². The molecule has 0 bridgehead atoms. The second-order valence-corrected chi connectivity index (χ2v) is 9.35. The van der Waals surface area contributed by atoms with Crippen LogP contribution in [0.25, 0.3) is 27.9 Å². The quantitative estimate of drug-likeness (QED) is 0.330. The smallest absolute Gasteiger partial charge is 0.358 e. The molecule has 10 heteroatoms. The van der Waals surface area contributed by atoms with E-state index in [9.17, 15) is 9.90 Å². The third kappa shape index (κ3) is 4.17. The number of hydrogen-bond acceptors (Lipinski definition) is 8. The van der Waals surface area contributed by atoms with E-state index in [2.05, 4.69) is 27.0 Å². The van der Waals surface area contributed by atoms with Gasteiger partial charge in [0, 0.05) is 36.9 Å². The summed E-state index contributed by atoms with van der Waals surface area (Å²) in [6.07, 6.45) is 4.56. The Hall–Kier alpha value is -4.28. The lowest BCUT2D eigenvalue weighted by Gasteiger charge is -2.21. The molecule has 1 N–H and O–H groups in total. The Bertz CT molecular complexity index is 1610. The van der Waals surface area contributed by atoms with E-state index in [0.29, 0.717) is 24.5 Å². The minimum absolute atomic E-state index is 0.247. The first-order valence-electron chi connectivity index (χ1n) is 12.6. The van der Waals surface area contributed by atoms with Crippen LogP contribution in [0.5, 0.6) is 0 Å². The number of rotatable bonds is 7. The summed E-state index contributed by atoms with van der Waals surface area (Å²) in [6.45, 7) is 3.33. The number of benzene rings is 1. The Morgan fingerprint density at radius 2 is 2.00 bits per heavy atom. The first-order chi connectivity index (χ1) is 18.5. The van der Waals surface area contributed by atoms with Crippen LogP contribution in [0.2, 0.25) is 0 Å². The molecular weight excluding hydrogens is 484 g/mol. The molecular formula is C28H28N6O4. The lowest BCUT2D eigenvalue weighted by atomic mass is 10.1. The molecule has 0 aliphatic carbocycles. The summed E-state index contributed by atoms with van der Waals surface area (Å²) in [5.41, 5.74) is 4.95. The van der Waals surface area contributed by atoms with Gasteiger partial charge in [0.1, 0.15) is 11.8 Å². The lowest BCUT2D eigenvalue weighted by molar-refractivity contribution is 0.0516. The maximum atomic E-state index is 12.8. The zero-order chi connectivity index (χ0) is 26.2.